The zero-order valence-corrected chi connectivity index (χ0v) is 18.4. The van der Waals surface area contributed by atoms with Gasteiger partial charge in [0.2, 0.25) is 0 Å². The molecule has 2 aromatic rings. The van der Waals surface area contributed by atoms with Crippen molar-refractivity contribution in [3.05, 3.63) is 60.2 Å². The summed E-state index contributed by atoms with van der Waals surface area (Å²) in [5.74, 6) is 0. The van der Waals surface area contributed by atoms with E-state index >= 15 is 0 Å². The predicted octanol–water partition coefficient (Wildman–Crippen LogP) is 0.0200. The first-order chi connectivity index (χ1) is 11.9. The normalized spacial score (nSPS) is 21.7. The fourth-order valence-electron chi connectivity index (χ4n) is 2.99. The fourth-order valence-corrected chi connectivity index (χ4v) is 4.04. The van der Waals surface area contributed by atoms with Crippen LogP contribution in [0, 0.1) is 0 Å². The minimum Gasteiger partial charge on any atom is -1.00 e. The number of halogens is 1. The van der Waals surface area contributed by atoms with E-state index in [2.05, 4.69) is 21.1 Å². The van der Waals surface area contributed by atoms with Gasteiger partial charge in [-0.1, -0.05) is 30.3 Å². The molecule has 0 N–H and O–H groups in total. The Morgan fingerprint density at radius 3 is 2.19 bits per heavy atom. The van der Waals surface area contributed by atoms with Crippen molar-refractivity contribution in [3.8, 4) is 0 Å². The van der Waals surface area contributed by atoms with Crippen LogP contribution in [-0.2, 0) is 20.3 Å². The highest BCUT2D eigenvalue weighted by atomic mass is 127. The van der Waals surface area contributed by atoms with Crippen LogP contribution < -0.4 is 24.0 Å². The topological polar surface area (TPSA) is 35.5 Å². The quantitative estimate of drug-likeness (QED) is 0.441. The largest absolute Gasteiger partial charge is 1.00 e. The summed E-state index contributed by atoms with van der Waals surface area (Å²) in [4.78, 5) is 1.62. The Kier molecular flexibility index (Phi) is 7.78. The van der Waals surface area contributed by atoms with Crippen LogP contribution in [0.15, 0.2) is 64.4 Å². The third kappa shape index (κ3) is 5.85. The van der Waals surface area contributed by atoms with Gasteiger partial charge in [0, 0.05) is 9.79 Å². The minimum absolute atomic E-state index is 0. The van der Waals surface area contributed by atoms with Gasteiger partial charge in [-0.25, -0.2) is 4.21 Å². The molecule has 0 aliphatic carbocycles. The first-order valence-corrected chi connectivity index (χ1v) is 9.68. The highest BCUT2D eigenvalue weighted by Gasteiger charge is 2.28. The van der Waals surface area contributed by atoms with Gasteiger partial charge in [-0.15, -0.1) is 0 Å². The van der Waals surface area contributed by atoms with E-state index in [0.29, 0.717) is 13.2 Å². The molecule has 0 aromatic heterocycles. The second-order valence-electron chi connectivity index (χ2n) is 7.41. The maximum absolute atomic E-state index is 12.6. The highest BCUT2D eigenvalue weighted by Crippen LogP contribution is 2.26. The summed E-state index contributed by atoms with van der Waals surface area (Å²) in [5.41, 5.74) is 1.07. The van der Waals surface area contributed by atoms with Crippen molar-refractivity contribution in [2.24, 2.45) is 0 Å². The maximum Gasteiger partial charge on any atom is 0.130 e. The molecule has 0 bridgehead atoms. The van der Waals surface area contributed by atoms with Gasteiger partial charge in [0.15, 0.2) is 0 Å². The molecule has 0 spiro atoms. The molecule has 4 nitrogen and oxygen atoms in total. The predicted molar refractivity (Wildman–Crippen MR) is 98.9 cm³/mol. The molecule has 1 fully saturated rings. The van der Waals surface area contributed by atoms with Crippen molar-refractivity contribution < 1.29 is 42.1 Å². The first-order valence-electron chi connectivity index (χ1n) is 8.53. The average molecular weight is 487 g/mol. The lowest BCUT2D eigenvalue weighted by atomic mass is 10.1. The van der Waals surface area contributed by atoms with E-state index < -0.39 is 10.8 Å². The number of hydrogen-bond donors (Lipinski definition) is 0. The number of ether oxygens (including phenoxy) is 2. The van der Waals surface area contributed by atoms with Crippen LogP contribution in [0.1, 0.15) is 11.7 Å². The summed E-state index contributed by atoms with van der Waals surface area (Å²) in [6.07, 6.45) is 0.0291. The van der Waals surface area contributed by atoms with Crippen molar-refractivity contribution in [1.29, 1.82) is 0 Å². The summed E-state index contributed by atoms with van der Waals surface area (Å²) in [7, 11) is 5.31. The van der Waals surface area contributed by atoms with E-state index in [1.54, 1.807) is 0 Å². The van der Waals surface area contributed by atoms with Gasteiger partial charge in [-0.3, -0.25) is 0 Å². The summed E-state index contributed by atoms with van der Waals surface area (Å²) in [5, 5.41) is 0. The molecule has 2 aromatic carbocycles. The lowest BCUT2D eigenvalue weighted by molar-refractivity contribution is -0.874. The summed E-state index contributed by atoms with van der Waals surface area (Å²) >= 11 is 0. The minimum atomic E-state index is -1.15. The van der Waals surface area contributed by atoms with Gasteiger partial charge in [-0.2, -0.15) is 0 Å². The van der Waals surface area contributed by atoms with Crippen molar-refractivity contribution in [2.75, 3.05) is 40.9 Å². The number of rotatable bonds is 5. The molecule has 1 aliphatic heterocycles. The Morgan fingerprint density at radius 2 is 1.58 bits per heavy atom. The fraction of sp³-hybridized carbons (Fsp3) is 0.400. The van der Waals surface area contributed by atoms with E-state index in [0.717, 1.165) is 26.4 Å². The zero-order valence-electron chi connectivity index (χ0n) is 15.4. The Bertz CT molecular complexity index is 716. The zero-order chi connectivity index (χ0) is 17.9. The number of nitrogens with zero attached hydrogens (tertiary/aromatic N) is 1. The Labute approximate surface area is 175 Å². The second-order valence-corrected chi connectivity index (χ2v) is 8.89. The molecule has 1 unspecified atom stereocenters. The van der Waals surface area contributed by atoms with Gasteiger partial charge < -0.3 is 37.9 Å². The van der Waals surface area contributed by atoms with Gasteiger partial charge >= 0.3 is 0 Å². The van der Waals surface area contributed by atoms with Gasteiger partial charge in [0.25, 0.3) is 0 Å². The molecule has 142 valence electrons. The van der Waals surface area contributed by atoms with Crippen molar-refractivity contribution in [2.45, 2.75) is 22.0 Å². The van der Waals surface area contributed by atoms with Crippen LogP contribution >= 0.6 is 0 Å². The third-order valence-corrected chi connectivity index (χ3v) is 5.50. The van der Waals surface area contributed by atoms with Gasteiger partial charge in [0.05, 0.1) is 45.2 Å². The molecular formula is C20H26INO3S. The molecule has 0 saturated carbocycles. The number of hydrogen-bond acceptors (Lipinski definition) is 3. The lowest BCUT2D eigenvalue weighted by Gasteiger charge is -2.34. The van der Waals surface area contributed by atoms with E-state index in [4.69, 9.17) is 9.47 Å². The molecule has 3 rings (SSSR count). The molecule has 3 atom stereocenters. The Hall–Kier alpha value is -0.800. The smallest absolute Gasteiger partial charge is 0.130 e. The number of likely N-dealkylation sites (N-methyl/N-ethyl adjacent to an activating group) is 1. The molecule has 0 radical (unpaired) electrons. The maximum atomic E-state index is 12.6. The number of benzene rings is 2. The third-order valence-electron chi connectivity index (χ3n) is 4.10. The molecule has 0 amide bonds. The van der Waals surface area contributed by atoms with Crippen LogP contribution in [0.2, 0.25) is 0 Å². The molecule has 26 heavy (non-hydrogen) atoms. The molecule has 1 heterocycles. The van der Waals surface area contributed by atoms with Crippen LogP contribution in [0.25, 0.3) is 0 Å². The van der Waals surface area contributed by atoms with Crippen molar-refractivity contribution in [3.63, 3.8) is 0 Å². The van der Waals surface area contributed by atoms with Crippen LogP contribution in [0.3, 0.4) is 0 Å². The SMILES string of the molecule is C[N+](C)(C)C[C@@H]1COC[C@@H](c2ccc(S(=O)c3ccccc3)cc2)O1.[I-]. The highest BCUT2D eigenvalue weighted by molar-refractivity contribution is 7.85. The number of quaternary nitrogens is 1. The van der Waals surface area contributed by atoms with Crippen LogP contribution in [0.5, 0.6) is 0 Å². The molecule has 1 saturated heterocycles. The lowest BCUT2D eigenvalue weighted by Crippen LogP contribution is -3.00. The van der Waals surface area contributed by atoms with E-state index in [-0.39, 0.29) is 36.2 Å². The monoisotopic (exact) mass is 487 g/mol. The average Bonchev–Trinajstić information content (AvgIpc) is 2.61. The molecular weight excluding hydrogens is 461 g/mol. The molecule has 6 heteroatoms. The van der Waals surface area contributed by atoms with E-state index in [1.807, 2.05) is 54.6 Å². The Morgan fingerprint density at radius 1 is 0.962 bits per heavy atom. The first kappa shape index (κ1) is 21.5. The van der Waals surface area contributed by atoms with Gasteiger partial charge in [0.1, 0.15) is 18.8 Å². The standard InChI is InChI=1S/C20H26NO3S.HI/c1-21(2,3)13-17-14-23-15-20(24-17)16-9-11-19(12-10-16)25(22)18-7-5-4-6-8-18;/h4-12,17,20H,13-15H2,1-3H3;1H/q+1;/p-1/t17-,20+,25?;/m1./s1. The summed E-state index contributed by atoms with van der Waals surface area (Å²) in [6.45, 7) is 2.11. The van der Waals surface area contributed by atoms with Crippen molar-refractivity contribution in [1.82, 2.24) is 0 Å². The second kappa shape index (κ2) is 9.41. The molecule has 1 aliphatic rings. The van der Waals surface area contributed by atoms with Crippen molar-refractivity contribution >= 4 is 10.8 Å². The Balaban J connectivity index is 0.00000243. The van der Waals surface area contributed by atoms with E-state index in [1.165, 1.54) is 0 Å². The summed E-state index contributed by atoms with van der Waals surface area (Å²) in [6, 6.07) is 17.4. The summed E-state index contributed by atoms with van der Waals surface area (Å²) < 4.78 is 25.4. The van der Waals surface area contributed by atoms with Crippen LogP contribution in [0.4, 0.5) is 0 Å². The van der Waals surface area contributed by atoms with E-state index in [9.17, 15) is 4.21 Å². The van der Waals surface area contributed by atoms with Crippen LogP contribution in [-0.4, -0.2) is 55.7 Å². The van der Waals surface area contributed by atoms with Gasteiger partial charge in [-0.05, 0) is 29.8 Å².